The number of carbonyl (C=O) groups excluding carboxylic acids is 2. The number of hydrogen-bond acceptors (Lipinski definition) is 4. The second-order valence-corrected chi connectivity index (χ2v) is 4.81. The van der Waals surface area contributed by atoms with Gasteiger partial charge in [-0.15, -0.1) is 0 Å². The van der Waals surface area contributed by atoms with Crippen LogP contribution in [0.2, 0.25) is 0 Å². The van der Waals surface area contributed by atoms with Gasteiger partial charge in [0.1, 0.15) is 6.10 Å². The van der Waals surface area contributed by atoms with E-state index in [1.807, 2.05) is 19.9 Å². The topological polar surface area (TPSA) is 67.9 Å². The minimum atomic E-state index is -0.563. The average molecular weight is 278 g/mol. The third kappa shape index (κ3) is 3.71. The lowest BCUT2D eigenvalue weighted by atomic mass is 10.2. The summed E-state index contributed by atoms with van der Waals surface area (Å²) in [6.07, 6.45) is -0.853. The summed E-state index contributed by atoms with van der Waals surface area (Å²) in [5.74, 6) is -0.340. The first kappa shape index (κ1) is 14.3. The molecule has 1 aromatic rings. The second-order valence-electron chi connectivity index (χ2n) is 4.81. The number of hydrazine groups is 1. The summed E-state index contributed by atoms with van der Waals surface area (Å²) in [5.41, 5.74) is 3.01. The lowest BCUT2D eigenvalue weighted by molar-refractivity contribution is 0.0152. The molecule has 0 aromatic heterocycles. The molecule has 0 bridgehead atoms. The van der Waals surface area contributed by atoms with E-state index in [4.69, 9.17) is 9.47 Å². The third-order valence-corrected chi connectivity index (χ3v) is 2.76. The molecule has 2 rings (SSSR count). The Morgan fingerprint density at radius 1 is 1.45 bits per heavy atom. The van der Waals surface area contributed by atoms with Gasteiger partial charge in [0.05, 0.1) is 19.3 Å². The number of cyclic esters (lactones) is 1. The Kier molecular flexibility index (Phi) is 4.57. The van der Waals surface area contributed by atoms with E-state index in [0.717, 1.165) is 0 Å². The van der Waals surface area contributed by atoms with Crippen molar-refractivity contribution in [1.29, 1.82) is 0 Å². The molecule has 1 fully saturated rings. The fourth-order valence-electron chi connectivity index (χ4n) is 1.78. The predicted molar refractivity (Wildman–Crippen MR) is 72.0 cm³/mol. The summed E-state index contributed by atoms with van der Waals surface area (Å²) >= 11 is 0. The van der Waals surface area contributed by atoms with Crippen LogP contribution in [0, 0.1) is 0 Å². The molecular formula is C14H18N2O4. The predicted octanol–water partition coefficient (Wildman–Crippen LogP) is 1.58. The van der Waals surface area contributed by atoms with Gasteiger partial charge in [-0.05, 0) is 26.0 Å². The zero-order valence-corrected chi connectivity index (χ0v) is 11.5. The van der Waals surface area contributed by atoms with E-state index in [-0.39, 0.29) is 24.7 Å². The van der Waals surface area contributed by atoms with Crippen molar-refractivity contribution in [3.63, 3.8) is 0 Å². The lowest BCUT2D eigenvalue weighted by Crippen LogP contribution is -2.43. The molecule has 1 aliphatic heterocycles. The maximum Gasteiger partial charge on any atom is 0.429 e. The van der Waals surface area contributed by atoms with Crippen LogP contribution in [0.5, 0.6) is 0 Å². The zero-order chi connectivity index (χ0) is 14.5. The van der Waals surface area contributed by atoms with Crippen molar-refractivity contribution in [2.75, 3.05) is 13.2 Å². The molecule has 1 atom stereocenters. The number of amides is 2. The van der Waals surface area contributed by atoms with Crippen molar-refractivity contribution in [2.45, 2.75) is 26.1 Å². The summed E-state index contributed by atoms with van der Waals surface area (Å²) in [7, 11) is 0. The smallest absolute Gasteiger partial charge is 0.429 e. The molecule has 0 unspecified atom stereocenters. The lowest BCUT2D eigenvalue weighted by Gasteiger charge is -2.14. The van der Waals surface area contributed by atoms with Crippen LogP contribution in [0.1, 0.15) is 24.2 Å². The summed E-state index contributed by atoms with van der Waals surface area (Å²) in [4.78, 5) is 23.6. The quantitative estimate of drug-likeness (QED) is 0.888. The molecule has 20 heavy (non-hydrogen) atoms. The molecule has 1 saturated heterocycles. The maximum absolute atomic E-state index is 11.9. The van der Waals surface area contributed by atoms with E-state index in [1.165, 1.54) is 5.01 Å². The molecular weight excluding hydrogens is 260 g/mol. The monoisotopic (exact) mass is 278 g/mol. The first-order chi connectivity index (χ1) is 9.56. The van der Waals surface area contributed by atoms with E-state index >= 15 is 0 Å². The molecule has 1 aromatic carbocycles. The molecule has 0 radical (unpaired) electrons. The van der Waals surface area contributed by atoms with Crippen molar-refractivity contribution >= 4 is 12.0 Å². The van der Waals surface area contributed by atoms with Crippen LogP contribution in [0.3, 0.4) is 0 Å². The fourth-order valence-corrected chi connectivity index (χ4v) is 1.78. The summed E-state index contributed by atoms with van der Waals surface area (Å²) in [6.45, 7) is 4.42. The van der Waals surface area contributed by atoms with Crippen LogP contribution in [0.25, 0.3) is 0 Å². The SMILES string of the molecule is CC(C)OC[C@@H]1CN(NC(=O)c2ccccc2)C(=O)O1. The van der Waals surface area contributed by atoms with Crippen molar-refractivity contribution in [3.8, 4) is 0 Å². The van der Waals surface area contributed by atoms with Crippen LogP contribution in [0.15, 0.2) is 30.3 Å². The molecule has 1 N–H and O–H groups in total. The van der Waals surface area contributed by atoms with Crippen molar-refractivity contribution in [2.24, 2.45) is 0 Å². The van der Waals surface area contributed by atoms with E-state index in [9.17, 15) is 9.59 Å². The van der Waals surface area contributed by atoms with Gasteiger partial charge in [-0.3, -0.25) is 10.2 Å². The van der Waals surface area contributed by atoms with E-state index in [1.54, 1.807) is 24.3 Å². The summed E-state index contributed by atoms with van der Waals surface area (Å²) < 4.78 is 10.5. The number of ether oxygens (including phenoxy) is 2. The van der Waals surface area contributed by atoms with Crippen LogP contribution in [0.4, 0.5) is 4.79 Å². The average Bonchev–Trinajstić information content (AvgIpc) is 2.78. The molecule has 2 amide bonds. The second kappa shape index (κ2) is 6.38. The number of carbonyl (C=O) groups is 2. The van der Waals surface area contributed by atoms with Gasteiger partial charge in [-0.1, -0.05) is 18.2 Å². The highest BCUT2D eigenvalue weighted by Gasteiger charge is 2.32. The van der Waals surface area contributed by atoms with Gasteiger partial charge >= 0.3 is 6.09 Å². The zero-order valence-electron chi connectivity index (χ0n) is 11.5. The highest BCUT2D eigenvalue weighted by Crippen LogP contribution is 2.11. The third-order valence-electron chi connectivity index (χ3n) is 2.76. The largest absolute Gasteiger partial charge is 0.440 e. The molecule has 6 heteroatoms. The first-order valence-corrected chi connectivity index (χ1v) is 6.52. The van der Waals surface area contributed by atoms with Gasteiger partial charge in [0.15, 0.2) is 0 Å². The number of hydrogen-bond donors (Lipinski definition) is 1. The number of nitrogens with one attached hydrogen (secondary N) is 1. The fraction of sp³-hybridized carbons (Fsp3) is 0.429. The van der Waals surface area contributed by atoms with Gasteiger partial charge in [0.25, 0.3) is 5.91 Å². The molecule has 0 aliphatic carbocycles. The summed E-state index contributed by atoms with van der Waals surface area (Å²) in [6, 6.07) is 8.69. The molecule has 108 valence electrons. The van der Waals surface area contributed by atoms with Crippen molar-refractivity contribution in [1.82, 2.24) is 10.4 Å². The summed E-state index contributed by atoms with van der Waals surface area (Å²) in [5, 5.41) is 1.17. The van der Waals surface area contributed by atoms with E-state index < -0.39 is 6.09 Å². The van der Waals surface area contributed by atoms with Crippen LogP contribution in [-0.4, -0.2) is 42.4 Å². The van der Waals surface area contributed by atoms with Crippen molar-refractivity contribution < 1.29 is 19.1 Å². The van der Waals surface area contributed by atoms with E-state index in [0.29, 0.717) is 12.2 Å². The van der Waals surface area contributed by atoms with Gasteiger partial charge < -0.3 is 9.47 Å². The minimum Gasteiger partial charge on any atom is -0.440 e. The number of nitrogens with zero attached hydrogens (tertiary/aromatic N) is 1. The van der Waals surface area contributed by atoms with Crippen LogP contribution >= 0.6 is 0 Å². The van der Waals surface area contributed by atoms with Gasteiger partial charge in [-0.2, -0.15) is 0 Å². The Morgan fingerprint density at radius 3 is 2.80 bits per heavy atom. The minimum absolute atomic E-state index is 0.0710. The Hall–Kier alpha value is -2.08. The first-order valence-electron chi connectivity index (χ1n) is 6.52. The Morgan fingerprint density at radius 2 is 2.15 bits per heavy atom. The van der Waals surface area contributed by atoms with Crippen molar-refractivity contribution in [3.05, 3.63) is 35.9 Å². The Bertz CT molecular complexity index is 475. The molecule has 0 saturated carbocycles. The Balaban J connectivity index is 1.87. The molecule has 6 nitrogen and oxygen atoms in total. The molecule has 1 heterocycles. The van der Waals surface area contributed by atoms with Gasteiger partial charge in [0, 0.05) is 5.56 Å². The number of rotatable bonds is 5. The standard InChI is InChI=1S/C14H18N2O4/c1-10(2)19-9-12-8-16(14(18)20-12)15-13(17)11-6-4-3-5-7-11/h3-7,10,12H,8-9H2,1-2H3,(H,15,17)/t12-/m0/s1. The molecule has 1 aliphatic rings. The molecule has 0 spiro atoms. The highest BCUT2D eigenvalue weighted by molar-refractivity contribution is 5.95. The van der Waals surface area contributed by atoms with Gasteiger partial charge in [-0.25, -0.2) is 9.80 Å². The van der Waals surface area contributed by atoms with Gasteiger partial charge in [0.2, 0.25) is 0 Å². The van der Waals surface area contributed by atoms with Crippen LogP contribution < -0.4 is 5.43 Å². The van der Waals surface area contributed by atoms with E-state index in [2.05, 4.69) is 5.43 Å². The van der Waals surface area contributed by atoms with Crippen LogP contribution in [-0.2, 0) is 9.47 Å². The maximum atomic E-state index is 11.9. The number of benzene rings is 1. The Labute approximate surface area is 117 Å². The normalized spacial score (nSPS) is 18.2. The highest BCUT2D eigenvalue weighted by atomic mass is 16.6.